The minimum absolute atomic E-state index is 0.128. The minimum atomic E-state index is -1.92. The summed E-state index contributed by atoms with van der Waals surface area (Å²) in [7, 11) is -1.92. The Morgan fingerprint density at radius 2 is 1.70 bits per heavy atom. The molecular formula is C19H27NO2Si. The van der Waals surface area contributed by atoms with Crippen molar-refractivity contribution in [2.75, 3.05) is 0 Å². The second-order valence-corrected chi connectivity index (χ2v) is 12.2. The van der Waals surface area contributed by atoms with E-state index in [1.807, 2.05) is 41.8 Å². The number of hydrogen-bond donors (Lipinski definition) is 0. The van der Waals surface area contributed by atoms with Gasteiger partial charge in [0.15, 0.2) is 14.6 Å². The lowest BCUT2D eigenvalue weighted by atomic mass is 10.1. The zero-order chi connectivity index (χ0) is 17.3. The first-order valence-electron chi connectivity index (χ1n) is 8.07. The summed E-state index contributed by atoms with van der Waals surface area (Å²) in [6.45, 7) is 13.2. The van der Waals surface area contributed by atoms with E-state index in [4.69, 9.17) is 4.43 Å². The molecule has 2 rings (SSSR count). The number of carbonyl (C=O) groups excluding carboxylic acids is 1. The highest BCUT2D eigenvalue weighted by Gasteiger charge is 2.39. The van der Waals surface area contributed by atoms with Crippen LogP contribution in [0.25, 0.3) is 11.3 Å². The molecule has 3 nitrogen and oxygen atoms in total. The molecule has 1 aromatic carbocycles. The summed E-state index contributed by atoms with van der Waals surface area (Å²) in [5, 5.41) is 0.128. The Labute approximate surface area is 140 Å². The second-order valence-electron chi connectivity index (χ2n) is 7.47. The number of aromatic nitrogens is 1. The molecule has 0 saturated carbocycles. The number of benzene rings is 1. The van der Waals surface area contributed by atoms with Gasteiger partial charge in [0.25, 0.3) is 0 Å². The third kappa shape index (κ3) is 3.65. The summed E-state index contributed by atoms with van der Waals surface area (Å²) in [5.74, 6) is 0. The average molecular weight is 330 g/mol. The van der Waals surface area contributed by atoms with E-state index in [9.17, 15) is 4.79 Å². The fourth-order valence-corrected chi connectivity index (χ4v) is 3.78. The van der Waals surface area contributed by atoms with Crippen molar-refractivity contribution in [2.45, 2.75) is 52.1 Å². The van der Waals surface area contributed by atoms with Crippen LogP contribution >= 0.6 is 0 Å². The third-order valence-corrected chi connectivity index (χ3v) is 9.32. The molecule has 4 heteroatoms. The molecule has 0 aliphatic rings. The van der Waals surface area contributed by atoms with Gasteiger partial charge in [-0.1, -0.05) is 51.1 Å². The first-order chi connectivity index (χ1) is 10.7. The van der Waals surface area contributed by atoms with Gasteiger partial charge in [-0.3, -0.25) is 4.79 Å². The van der Waals surface area contributed by atoms with Crippen molar-refractivity contribution in [1.29, 1.82) is 0 Å². The van der Waals surface area contributed by atoms with Gasteiger partial charge in [-0.2, -0.15) is 0 Å². The van der Waals surface area contributed by atoms with Crippen molar-refractivity contribution in [3.8, 4) is 11.3 Å². The largest absolute Gasteiger partial charge is 0.397 e. The molecule has 0 aliphatic heterocycles. The highest BCUT2D eigenvalue weighted by atomic mass is 28.4. The van der Waals surface area contributed by atoms with Crippen LogP contribution in [0.5, 0.6) is 0 Å². The van der Waals surface area contributed by atoms with Gasteiger partial charge in [0.05, 0.1) is 11.4 Å². The van der Waals surface area contributed by atoms with E-state index in [0.29, 0.717) is 5.69 Å². The van der Waals surface area contributed by atoms with Gasteiger partial charge >= 0.3 is 0 Å². The lowest BCUT2D eigenvalue weighted by molar-refractivity contribution is 0.106. The van der Waals surface area contributed by atoms with Crippen molar-refractivity contribution in [3.63, 3.8) is 0 Å². The molecule has 0 fully saturated rings. The van der Waals surface area contributed by atoms with Crippen molar-refractivity contribution in [3.05, 3.63) is 48.2 Å². The van der Waals surface area contributed by atoms with Gasteiger partial charge in [-0.25, -0.2) is 0 Å². The highest BCUT2D eigenvalue weighted by molar-refractivity contribution is 6.74. The maximum atomic E-state index is 11.5. The highest BCUT2D eigenvalue weighted by Crippen LogP contribution is 2.39. The predicted octanol–water partition coefficient (Wildman–Crippen LogP) is 5.51. The number of nitrogens with zero attached hydrogens (tertiary/aromatic N) is 1. The van der Waals surface area contributed by atoms with E-state index < -0.39 is 8.32 Å². The lowest BCUT2D eigenvalue weighted by Crippen LogP contribution is -2.42. The zero-order valence-electron chi connectivity index (χ0n) is 15.0. The Morgan fingerprint density at radius 3 is 2.22 bits per heavy atom. The topological polar surface area (TPSA) is 31.2 Å². The van der Waals surface area contributed by atoms with Gasteiger partial charge < -0.3 is 8.99 Å². The van der Waals surface area contributed by atoms with Crippen LogP contribution in [0.4, 0.5) is 0 Å². The van der Waals surface area contributed by atoms with E-state index in [1.54, 1.807) is 0 Å². The van der Waals surface area contributed by atoms with Crippen LogP contribution in [-0.4, -0.2) is 19.2 Å². The van der Waals surface area contributed by atoms with Crippen molar-refractivity contribution in [2.24, 2.45) is 0 Å². The minimum Gasteiger partial charge on any atom is -0.397 e. The Kier molecular flexibility index (Phi) is 4.97. The van der Waals surface area contributed by atoms with Crippen LogP contribution in [-0.2, 0) is 4.43 Å². The standard InChI is InChI=1S/C19H27NO2Si/c1-15(22-23(5,6)19(2,3)4)20-17(14-21)12-13-18(20)16-10-8-7-9-11-16/h7-15H,1-6H3. The van der Waals surface area contributed by atoms with E-state index >= 15 is 0 Å². The molecule has 2 aromatic rings. The summed E-state index contributed by atoms with van der Waals surface area (Å²) in [6, 6.07) is 14.0. The van der Waals surface area contributed by atoms with Crippen molar-refractivity contribution < 1.29 is 9.22 Å². The van der Waals surface area contributed by atoms with Crippen LogP contribution in [0.2, 0.25) is 18.1 Å². The van der Waals surface area contributed by atoms with Crippen LogP contribution in [0.15, 0.2) is 42.5 Å². The molecule has 1 heterocycles. The molecular weight excluding hydrogens is 302 g/mol. The molecule has 0 bridgehead atoms. The summed E-state index contributed by atoms with van der Waals surface area (Å²) >= 11 is 0. The molecule has 0 aliphatic carbocycles. The third-order valence-electron chi connectivity index (χ3n) is 4.77. The van der Waals surface area contributed by atoms with Crippen LogP contribution in [0, 0.1) is 0 Å². The fraction of sp³-hybridized carbons (Fsp3) is 0.421. The molecule has 0 spiro atoms. The number of aldehydes is 1. The summed E-state index contributed by atoms with van der Waals surface area (Å²) < 4.78 is 8.50. The normalized spacial score (nSPS) is 13.8. The Hall–Kier alpha value is -1.65. The molecule has 23 heavy (non-hydrogen) atoms. The predicted molar refractivity (Wildman–Crippen MR) is 98.2 cm³/mol. The molecule has 1 atom stereocenters. The molecule has 0 N–H and O–H groups in total. The Bertz CT molecular complexity index is 668. The smallest absolute Gasteiger partial charge is 0.194 e. The number of rotatable bonds is 5. The number of carbonyl (C=O) groups is 1. The molecule has 1 aromatic heterocycles. The van der Waals surface area contributed by atoms with Crippen LogP contribution in [0.3, 0.4) is 0 Å². The Morgan fingerprint density at radius 1 is 1.09 bits per heavy atom. The first kappa shape index (κ1) is 17.7. The molecule has 0 amide bonds. The quantitative estimate of drug-likeness (QED) is 0.535. The summed E-state index contributed by atoms with van der Waals surface area (Å²) in [4.78, 5) is 11.5. The van der Waals surface area contributed by atoms with Crippen molar-refractivity contribution >= 4 is 14.6 Å². The van der Waals surface area contributed by atoms with Gasteiger partial charge in [-0.05, 0) is 42.8 Å². The van der Waals surface area contributed by atoms with E-state index in [1.165, 1.54) is 0 Å². The maximum Gasteiger partial charge on any atom is 0.194 e. The molecule has 0 saturated heterocycles. The van der Waals surface area contributed by atoms with Crippen LogP contribution < -0.4 is 0 Å². The van der Waals surface area contributed by atoms with Gasteiger partial charge in [-0.15, -0.1) is 0 Å². The summed E-state index contributed by atoms with van der Waals surface area (Å²) in [6.07, 6.45) is 0.721. The van der Waals surface area contributed by atoms with E-state index in [0.717, 1.165) is 17.5 Å². The SMILES string of the molecule is CC(O[Si](C)(C)C(C)(C)C)n1c(C=O)ccc1-c1ccccc1. The lowest BCUT2D eigenvalue weighted by Gasteiger charge is -2.39. The van der Waals surface area contributed by atoms with E-state index in [-0.39, 0.29) is 11.3 Å². The molecule has 124 valence electrons. The monoisotopic (exact) mass is 329 g/mol. The first-order valence-corrected chi connectivity index (χ1v) is 11.0. The zero-order valence-corrected chi connectivity index (χ0v) is 16.0. The van der Waals surface area contributed by atoms with Crippen LogP contribution in [0.1, 0.15) is 44.4 Å². The maximum absolute atomic E-state index is 11.5. The average Bonchev–Trinajstić information content (AvgIpc) is 2.90. The fourth-order valence-electron chi connectivity index (χ4n) is 2.47. The van der Waals surface area contributed by atoms with Gasteiger partial charge in [0, 0.05) is 0 Å². The van der Waals surface area contributed by atoms with Crippen molar-refractivity contribution in [1.82, 2.24) is 4.57 Å². The summed E-state index contributed by atoms with van der Waals surface area (Å²) in [5.41, 5.74) is 2.75. The Balaban J connectivity index is 2.42. The molecule has 0 radical (unpaired) electrons. The molecule has 1 unspecified atom stereocenters. The second kappa shape index (κ2) is 6.46. The number of hydrogen-bond acceptors (Lipinski definition) is 2. The van der Waals surface area contributed by atoms with E-state index in [2.05, 4.69) is 46.0 Å². The van der Waals surface area contributed by atoms with Gasteiger partial charge in [0.2, 0.25) is 0 Å². The van der Waals surface area contributed by atoms with Gasteiger partial charge in [0.1, 0.15) is 6.23 Å².